The summed E-state index contributed by atoms with van der Waals surface area (Å²) in [4.78, 5) is 0. The Bertz CT molecular complexity index is 451. The molecule has 0 amide bonds. The highest BCUT2D eigenvalue weighted by Gasteiger charge is 2.37. The van der Waals surface area contributed by atoms with Crippen molar-refractivity contribution in [1.29, 1.82) is 0 Å². The van der Waals surface area contributed by atoms with Crippen molar-refractivity contribution < 1.29 is 14.2 Å². The van der Waals surface area contributed by atoms with Gasteiger partial charge in [-0.3, -0.25) is 0 Å². The van der Waals surface area contributed by atoms with Gasteiger partial charge in [0.1, 0.15) is 5.75 Å². The van der Waals surface area contributed by atoms with E-state index in [2.05, 4.69) is 24.4 Å². The minimum Gasteiger partial charge on any atom is -0.496 e. The molecule has 0 bridgehead atoms. The SMILES string of the molecule is CNC1COC(C)(c2cc(C)cc(C)c2OC)OC1. The summed E-state index contributed by atoms with van der Waals surface area (Å²) >= 11 is 0. The average Bonchev–Trinajstić information content (AvgIpc) is 2.39. The Balaban J connectivity index is 2.35. The van der Waals surface area contributed by atoms with Crippen LogP contribution in [-0.2, 0) is 15.3 Å². The molecule has 1 aliphatic heterocycles. The van der Waals surface area contributed by atoms with E-state index < -0.39 is 5.79 Å². The standard InChI is InChI=1S/C15H23NO3/c1-10-6-11(2)14(17-5)13(7-10)15(3)18-8-12(16-4)9-19-15/h6-7,12,16H,8-9H2,1-5H3. The second kappa shape index (κ2) is 5.49. The van der Waals surface area contributed by atoms with Gasteiger partial charge < -0.3 is 19.5 Å². The molecule has 0 aromatic heterocycles. The van der Waals surface area contributed by atoms with E-state index in [9.17, 15) is 0 Å². The summed E-state index contributed by atoms with van der Waals surface area (Å²) in [6, 6.07) is 4.42. The number of nitrogens with one attached hydrogen (secondary N) is 1. The largest absolute Gasteiger partial charge is 0.496 e. The van der Waals surface area contributed by atoms with Crippen molar-refractivity contribution in [3.8, 4) is 5.75 Å². The molecule has 1 N–H and O–H groups in total. The summed E-state index contributed by atoms with van der Waals surface area (Å²) < 4.78 is 17.4. The van der Waals surface area contributed by atoms with Crippen LogP contribution in [0.2, 0.25) is 0 Å². The van der Waals surface area contributed by atoms with E-state index in [-0.39, 0.29) is 6.04 Å². The van der Waals surface area contributed by atoms with Crippen LogP contribution in [0.25, 0.3) is 0 Å². The monoisotopic (exact) mass is 265 g/mol. The Labute approximate surface area is 115 Å². The summed E-state index contributed by atoms with van der Waals surface area (Å²) in [5.74, 6) is 0.103. The Hall–Kier alpha value is -1.10. The van der Waals surface area contributed by atoms with Gasteiger partial charge in [0.2, 0.25) is 0 Å². The number of methoxy groups -OCH3 is 1. The fourth-order valence-corrected chi connectivity index (χ4v) is 2.49. The third kappa shape index (κ3) is 2.76. The minimum absolute atomic E-state index is 0.241. The maximum absolute atomic E-state index is 5.94. The lowest BCUT2D eigenvalue weighted by atomic mass is 9.98. The van der Waals surface area contributed by atoms with Crippen LogP contribution in [0.3, 0.4) is 0 Å². The van der Waals surface area contributed by atoms with Gasteiger partial charge in [-0.15, -0.1) is 0 Å². The van der Waals surface area contributed by atoms with Crippen molar-refractivity contribution in [1.82, 2.24) is 5.32 Å². The van der Waals surface area contributed by atoms with Crippen LogP contribution >= 0.6 is 0 Å². The highest BCUT2D eigenvalue weighted by Crippen LogP contribution is 2.38. The van der Waals surface area contributed by atoms with Gasteiger partial charge in [0, 0.05) is 0 Å². The fraction of sp³-hybridized carbons (Fsp3) is 0.600. The van der Waals surface area contributed by atoms with E-state index in [1.807, 2.05) is 20.9 Å². The number of hydrogen-bond acceptors (Lipinski definition) is 4. The highest BCUT2D eigenvalue weighted by molar-refractivity contribution is 5.46. The summed E-state index contributed by atoms with van der Waals surface area (Å²) in [5.41, 5.74) is 3.24. The number of rotatable bonds is 3. The van der Waals surface area contributed by atoms with E-state index in [1.54, 1.807) is 7.11 Å². The lowest BCUT2D eigenvalue weighted by Gasteiger charge is -2.38. The van der Waals surface area contributed by atoms with Gasteiger partial charge >= 0.3 is 0 Å². The molecule has 19 heavy (non-hydrogen) atoms. The van der Waals surface area contributed by atoms with Crippen LogP contribution in [0.4, 0.5) is 0 Å². The molecule has 1 fully saturated rings. The topological polar surface area (TPSA) is 39.7 Å². The third-order valence-electron chi connectivity index (χ3n) is 3.64. The summed E-state index contributed by atoms with van der Waals surface area (Å²) in [7, 11) is 3.60. The second-order valence-electron chi connectivity index (χ2n) is 5.22. The Morgan fingerprint density at radius 2 is 1.89 bits per heavy atom. The number of ether oxygens (including phenoxy) is 3. The number of likely N-dealkylation sites (N-methyl/N-ethyl adjacent to an activating group) is 1. The average molecular weight is 265 g/mol. The van der Waals surface area contributed by atoms with E-state index in [1.165, 1.54) is 5.56 Å². The van der Waals surface area contributed by atoms with Crippen LogP contribution in [0, 0.1) is 13.8 Å². The molecular formula is C15H23NO3. The smallest absolute Gasteiger partial charge is 0.195 e. The molecule has 0 spiro atoms. The Morgan fingerprint density at radius 3 is 2.42 bits per heavy atom. The predicted octanol–water partition coefficient (Wildman–Crippen LogP) is 2.12. The van der Waals surface area contributed by atoms with E-state index in [0.717, 1.165) is 16.9 Å². The van der Waals surface area contributed by atoms with Gasteiger partial charge in [-0.2, -0.15) is 0 Å². The highest BCUT2D eigenvalue weighted by atomic mass is 16.7. The molecule has 1 heterocycles. The van der Waals surface area contributed by atoms with Gasteiger partial charge in [0.25, 0.3) is 0 Å². The molecule has 4 heteroatoms. The molecule has 1 aliphatic rings. The van der Waals surface area contributed by atoms with Crippen molar-refractivity contribution in [2.45, 2.75) is 32.6 Å². The van der Waals surface area contributed by atoms with Crippen LogP contribution in [0.1, 0.15) is 23.6 Å². The van der Waals surface area contributed by atoms with Gasteiger partial charge in [-0.05, 0) is 39.4 Å². The van der Waals surface area contributed by atoms with Crippen molar-refractivity contribution in [3.63, 3.8) is 0 Å². The molecule has 0 saturated carbocycles. The second-order valence-corrected chi connectivity index (χ2v) is 5.22. The molecular weight excluding hydrogens is 242 g/mol. The Kier molecular flexibility index (Phi) is 4.13. The fourth-order valence-electron chi connectivity index (χ4n) is 2.49. The summed E-state index contributed by atoms with van der Waals surface area (Å²) in [6.07, 6.45) is 0. The van der Waals surface area contributed by atoms with Gasteiger partial charge in [-0.1, -0.05) is 11.6 Å². The maximum Gasteiger partial charge on any atom is 0.195 e. The molecule has 2 rings (SSSR count). The molecule has 0 unspecified atom stereocenters. The van der Waals surface area contributed by atoms with E-state index in [0.29, 0.717) is 13.2 Å². The first-order valence-corrected chi connectivity index (χ1v) is 6.61. The zero-order valence-corrected chi connectivity index (χ0v) is 12.4. The van der Waals surface area contributed by atoms with Crippen molar-refractivity contribution >= 4 is 0 Å². The zero-order chi connectivity index (χ0) is 14.0. The lowest BCUT2D eigenvalue weighted by molar-refractivity contribution is -0.273. The lowest BCUT2D eigenvalue weighted by Crippen LogP contribution is -2.47. The first-order valence-electron chi connectivity index (χ1n) is 6.61. The molecule has 1 aromatic carbocycles. The molecule has 4 nitrogen and oxygen atoms in total. The first-order chi connectivity index (χ1) is 9.00. The van der Waals surface area contributed by atoms with E-state index in [4.69, 9.17) is 14.2 Å². The number of hydrogen-bond donors (Lipinski definition) is 1. The summed E-state index contributed by atoms with van der Waals surface area (Å²) in [6.45, 7) is 7.32. The van der Waals surface area contributed by atoms with Crippen molar-refractivity contribution in [2.75, 3.05) is 27.4 Å². The maximum atomic E-state index is 5.94. The molecule has 0 atom stereocenters. The molecule has 1 saturated heterocycles. The van der Waals surface area contributed by atoms with Crippen LogP contribution in [0.15, 0.2) is 12.1 Å². The third-order valence-corrected chi connectivity index (χ3v) is 3.64. The van der Waals surface area contributed by atoms with Crippen LogP contribution in [-0.4, -0.2) is 33.4 Å². The first kappa shape index (κ1) is 14.3. The number of aryl methyl sites for hydroxylation is 2. The van der Waals surface area contributed by atoms with Crippen molar-refractivity contribution in [3.05, 3.63) is 28.8 Å². The predicted molar refractivity (Wildman–Crippen MR) is 74.6 cm³/mol. The summed E-state index contributed by atoms with van der Waals surface area (Å²) in [5, 5.41) is 3.16. The van der Waals surface area contributed by atoms with Gasteiger partial charge in [0.15, 0.2) is 5.79 Å². The van der Waals surface area contributed by atoms with Crippen LogP contribution < -0.4 is 10.1 Å². The van der Waals surface area contributed by atoms with Crippen molar-refractivity contribution in [2.24, 2.45) is 0 Å². The zero-order valence-electron chi connectivity index (χ0n) is 12.4. The molecule has 0 radical (unpaired) electrons. The minimum atomic E-state index is -0.741. The van der Waals surface area contributed by atoms with Crippen LogP contribution in [0.5, 0.6) is 5.75 Å². The Morgan fingerprint density at radius 1 is 1.26 bits per heavy atom. The van der Waals surface area contributed by atoms with E-state index >= 15 is 0 Å². The molecule has 1 aromatic rings. The van der Waals surface area contributed by atoms with Gasteiger partial charge in [0.05, 0.1) is 31.9 Å². The molecule has 0 aliphatic carbocycles. The van der Waals surface area contributed by atoms with Gasteiger partial charge in [-0.25, -0.2) is 0 Å². The molecule has 106 valence electrons. The quantitative estimate of drug-likeness (QED) is 0.908. The normalized spacial score (nSPS) is 27.3. The number of benzene rings is 1.